The summed E-state index contributed by atoms with van der Waals surface area (Å²) in [5.41, 5.74) is 4.36. The standard InChI is InChI=1S/C31H33ClN4O2/c1-2-38-26-13-11-23(12-14-26)30-22-28(27-9-3-4-10-29(27)34-30)31(37)33-15-6-16-35-17-19-36(20-18-35)25-8-5-7-24(32)21-25/h3-5,7-14,21-22H,2,6,15-20H2,1H3,(H,33,37). The van der Waals surface area contributed by atoms with Crippen molar-refractivity contribution in [3.8, 4) is 17.0 Å². The van der Waals surface area contributed by atoms with Crippen LogP contribution in [0.25, 0.3) is 22.2 Å². The first-order chi connectivity index (χ1) is 18.6. The first kappa shape index (κ1) is 26.0. The number of para-hydroxylation sites is 1. The first-order valence-electron chi connectivity index (χ1n) is 13.2. The third kappa shape index (κ3) is 6.26. The summed E-state index contributed by atoms with van der Waals surface area (Å²) in [5, 5.41) is 4.77. The monoisotopic (exact) mass is 528 g/mol. The van der Waals surface area contributed by atoms with Crippen LogP contribution in [0.4, 0.5) is 5.69 Å². The molecular weight excluding hydrogens is 496 g/mol. The van der Waals surface area contributed by atoms with Gasteiger partial charge in [-0.15, -0.1) is 0 Å². The zero-order chi connectivity index (χ0) is 26.3. The Kier molecular flexibility index (Phi) is 8.41. The van der Waals surface area contributed by atoms with E-state index in [9.17, 15) is 4.79 Å². The third-order valence-electron chi connectivity index (χ3n) is 6.90. The van der Waals surface area contributed by atoms with Crippen LogP contribution < -0.4 is 15.0 Å². The molecule has 0 unspecified atom stereocenters. The van der Waals surface area contributed by atoms with Gasteiger partial charge in [-0.3, -0.25) is 9.69 Å². The van der Waals surface area contributed by atoms with Crippen LogP contribution in [0, 0.1) is 0 Å². The van der Waals surface area contributed by atoms with Crippen molar-refractivity contribution in [2.75, 3.05) is 50.8 Å². The van der Waals surface area contributed by atoms with Crippen LogP contribution in [0.2, 0.25) is 5.02 Å². The number of rotatable bonds is 9. The van der Waals surface area contributed by atoms with Crippen LogP contribution in [0.1, 0.15) is 23.7 Å². The highest BCUT2D eigenvalue weighted by molar-refractivity contribution is 6.30. The van der Waals surface area contributed by atoms with Gasteiger partial charge < -0.3 is 15.0 Å². The minimum atomic E-state index is -0.0680. The number of nitrogens with zero attached hydrogens (tertiary/aromatic N) is 3. The number of carbonyl (C=O) groups is 1. The van der Waals surface area contributed by atoms with Crippen molar-refractivity contribution < 1.29 is 9.53 Å². The molecule has 0 saturated carbocycles. The molecule has 1 fully saturated rings. The van der Waals surface area contributed by atoms with Crippen molar-refractivity contribution in [1.82, 2.24) is 15.2 Å². The Bertz CT molecular complexity index is 1380. The largest absolute Gasteiger partial charge is 0.494 e. The van der Waals surface area contributed by atoms with E-state index in [1.807, 2.05) is 79.7 Å². The number of hydrogen-bond donors (Lipinski definition) is 1. The van der Waals surface area contributed by atoms with Crippen molar-refractivity contribution in [2.24, 2.45) is 0 Å². The molecule has 5 rings (SSSR count). The number of hydrogen-bond acceptors (Lipinski definition) is 5. The highest BCUT2D eigenvalue weighted by Crippen LogP contribution is 2.26. The zero-order valence-corrected chi connectivity index (χ0v) is 22.5. The van der Waals surface area contributed by atoms with E-state index in [1.54, 1.807) is 0 Å². The minimum absolute atomic E-state index is 0.0680. The van der Waals surface area contributed by atoms with Crippen LogP contribution in [-0.4, -0.2) is 61.7 Å². The number of aromatic nitrogens is 1. The fourth-order valence-electron chi connectivity index (χ4n) is 4.90. The van der Waals surface area contributed by atoms with Crippen molar-refractivity contribution in [3.63, 3.8) is 0 Å². The van der Waals surface area contributed by atoms with Gasteiger partial charge in [0.15, 0.2) is 0 Å². The Morgan fingerprint density at radius 2 is 1.76 bits per heavy atom. The molecule has 1 N–H and O–H groups in total. The van der Waals surface area contributed by atoms with Crippen LogP contribution in [-0.2, 0) is 0 Å². The second-order valence-corrected chi connectivity index (χ2v) is 9.88. The maximum atomic E-state index is 13.3. The predicted octanol–water partition coefficient (Wildman–Crippen LogP) is 5.90. The molecular formula is C31H33ClN4O2. The van der Waals surface area contributed by atoms with Gasteiger partial charge in [-0.05, 0) is 74.5 Å². The van der Waals surface area contributed by atoms with Crippen molar-refractivity contribution in [2.45, 2.75) is 13.3 Å². The van der Waals surface area contributed by atoms with Crippen molar-refractivity contribution in [1.29, 1.82) is 0 Å². The molecule has 4 aromatic rings. The quantitative estimate of drug-likeness (QED) is 0.274. The maximum Gasteiger partial charge on any atom is 0.252 e. The molecule has 1 aliphatic heterocycles. The lowest BCUT2D eigenvalue weighted by Crippen LogP contribution is -2.47. The summed E-state index contributed by atoms with van der Waals surface area (Å²) in [7, 11) is 0. The SMILES string of the molecule is CCOc1ccc(-c2cc(C(=O)NCCCN3CCN(c4cccc(Cl)c4)CC3)c3ccccc3n2)cc1. The van der Waals surface area contributed by atoms with Gasteiger partial charge in [0.25, 0.3) is 5.91 Å². The van der Waals surface area contributed by atoms with Gasteiger partial charge in [-0.2, -0.15) is 0 Å². The number of pyridine rings is 1. The average Bonchev–Trinajstić information content (AvgIpc) is 2.95. The van der Waals surface area contributed by atoms with Crippen LogP contribution in [0.15, 0.2) is 78.9 Å². The number of carbonyl (C=O) groups excluding carboxylic acids is 1. The number of nitrogens with one attached hydrogen (secondary N) is 1. The second-order valence-electron chi connectivity index (χ2n) is 9.45. The topological polar surface area (TPSA) is 57.7 Å². The number of fused-ring (bicyclic) bond motifs is 1. The third-order valence-corrected chi connectivity index (χ3v) is 7.14. The summed E-state index contributed by atoms with van der Waals surface area (Å²) < 4.78 is 5.56. The summed E-state index contributed by atoms with van der Waals surface area (Å²) in [6.45, 7) is 8.12. The van der Waals surface area contributed by atoms with E-state index in [-0.39, 0.29) is 5.91 Å². The molecule has 38 heavy (non-hydrogen) atoms. The molecule has 3 aromatic carbocycles. The molecule has 0 aliphatic carbocycles. The average molecular weight is 529 g/mol. The lowest BCUT2D eigenvalue weighted by Gasteiger charge is -2.36. The van der Waals surface area contributed by atoms with E-state index in [2.05, 4.69) is 21.2 Å². The Balaban J connectivity index is 1.18. The Morgan fingerprint density at radius 1 is 0.974 bits per heavy atom. The number of anilines is 1. The van der Waals surface area contributed by atoms with Crippen LogP contribution >= 0.6 is 11.6 Å². The molecule has 7 heteroatoms. The molecule has 196 valence electrons. The van der Waals surface area contributed by atoms with Gasteiger partial charge in [0, 0.05) is 54.4 Å². The molecule has 2 heterocycles. The molecule has 0 radical (unpaired) electrons. The molecule has 1 amide bonds. The van der Waals surface area contributed by atoms with Crippen LogP contribution in [0.5, 0.6) is 5.75 Å². The van der Waals surface area contributed by atoms with Crippen molar-refractivity contribution >= 4 is 34.1 Å². The van der Waals surface area contributed by atoms with E-state index >= 15 is 0 Å². The summed E-state index contributed by atoms with van der Waals surface area (Å²) in [4.78, 5) is 22.9. The predicted molar refractivity (Wildman–Crippen MR) is 155 cm³/mol. The van der Waals surface area contributed by atoms with E-state index in [0.717, 1.165) is 72.1 Å². The molecule has 0 spiro atoms. The van der Waals surface area contributed by atoms with Crippen molar-refractivity contribution in [3.05, 3.63) is 89.4 Å². The molecule has 1 aromatic heterocycles. The molecule has 1 aliphatic rings. The lowest BCUT2D eigenvalue weighted by molar-refractivity contribution is 0.0953. The van der Waals surface area contributed by atoms with Gasteiger partial charge >= 0.3 is 0 Å². The minimum Gasteiger partial charge on any atom is -0.494 e. The van der Waals surface area contributed by atoms with Gasteiger partial charge in [-0.1, -0.05) is 35.9 Å². The Labute approximate surface area is 229 Å². The first-order valence-corrected chi connectivity index (χ1v) is 13.6. The smallest absolute Gasteiger partial charge is 0.252 e. The lowest BCUT2D eigenvalue weighted by atomic mass is 10.0. The van der Waals surface area contributed by atoms with E-state index in [4.69, 9.17) is 21.3 Å². The van der Waals surface area contributed by atoms with Gasteiger partial charge in [-0.25, -0.2) is 4.98 Å². The van der Waals surface area contributed by atoms with E-state index in [1.165, 1.54) is 5.69 Å². The highest BCUT2D eigenvalue weighted by atomic mass is 35.5. The second kappa shape index (κ2) is 12.3. The summed E-state index contributed by atoms with van der Waals surface area (Å²) in [5.74, 6) is 0.752. The maximum absolute atomic E-state index is 13.3. The normalized spacial score (nSPS) is 14.0. The Morgan fingerprint density at radius 3 is 2.53 bits per heavy atom. The number of piperazine rings is 1. The fourth-order valence-corrected chi connectivity index (χ4v) is 5.09. The number of halogens is 1. The van der Waals surface area contributed by atoms with Crippen LogP contribution in [0.3, 0.4) is 0 Å². The summed E-state index contributed by atoms with van der Waals surface area (Å²) in [6, 6.07) is 25.6. The Hall–Kier alpha value is -3.61. The number of benzene rings is 3. The van der Waals surface area contributed by atoms with Gasteiger partial charge in [0.1, 0.15) is 5.75 Å². The highest BCUT2D eigenvalue weighted by Gasteiger charge is 2.18. The van der Waals surface area contributed by atoms with E-state index < -0.39 is 0 Å². The summed E-state index contributed by atoms with van der Waals surface area (Å²) >= 11 is 6.16. The summed E-state index contributed by atoms with van der Waals surface area (Å²) in [6.07, 6.45) is 0.900. The van der Waals surface area contributed by atoms with Gasteiger partial charge in [0.2, 0.25) is 0 Å². The number of amides is 1. The molecule has 0 bridgehead atoms. The number of ether oxygens (including phenoxy) is 1. The van der Waals surface area contributed by atoms with Gasteiger partial charge in [0.05, 0.1) is 23.4 Å². The molecule has 0 atom stereocenters. The molecule has 6 nitrogen and oxygen atoms in total. The molecule has 1 saturated heterocycles. The fraction of sp³-hybridized carbons (Fsp3) is 0.290. The van der Waals surface area contributed by atoms with E-state index in [0.29, 0.717) is 18.7 Å². The zero-order valence-electron chi connectivity index (χ0n) is 21.7.